The van der Waals surface area contributed by atoms with Gasteiger partial charge in [-0.1, -0.05) is 36.4 Å². The average Bonchev–Trinajstić information content (AvgIpc) is 2.78. The summed E-state index contributed by atoms with van der Waals surface area (Å²) in [5.41, 5.74) is 1.78. The summed E-state index contributed by atoms with van der Waals surface area (Å²) in [6, 6.07) is 20.8. The molecule has 0 saturated carbocycles. The topological polar surface area (TPSA) is 61.8 Å². The number of carbonyl (C=O) groups is 2. The fourth-order valence-electron chi connectivity index (χ4n) is 2.65. The molecule has 0 aromatic heterocycles. The summed E-state index contributed by atoms with van der Waals surface area (Å²) < 4.78 is 15.7. The van der Waals surface area contributed by atoms with Crippen molar-refractivity contribution in [3.8, 4) is 17.2 Å². The molecule has 0 aliphatic carbocycles. The molecule has 0 spiro atoms. The van der Waals surface area contributed by atoms with Gasteiger partial charge in [-0.3, -0.25) is 4.79 Å². The second-order valence-corrected chi connectivity index (χ2v) is 6.09. The van der Waals surface area contributed by atoms with Crippen molar-refractivity contribution in [2.24, 2.45) is 0 Å². The highest BCUT2D eigenvalue weighted by Crippen LogP contribution is 2.28. The van der Waals surface area contributed by atoms with Crippen LogP contribution >= 0.6 is 0 Å². The van der Waals surface area contributed by atoms with Gasteiger partial charge in [0.15, 0.2) is 17.3 Å². The van der Waals surface area contributed by atoms with E-state index in [1.807, 2.05) is 30.3 Å². The van der Waals surface area contributed by atoms with E-state index < -0.39 is 5.97 Å². The number of ketones is 1. The molecule has 3 rings (SSSR count). The first-order valence-electron chi connectivity index (χ1n) is 8.92. The monoisotopic (exact) mass is 388 g/mol. The predicted octanol–water partition coefficient (Wildman–Crippen LogP) is 4.82. The molecule has 0 saturated heterocycles. The van der Waals surface area contributed by atoms with E-state index in [2.05, 4.69) is 0 Å². The van der Waals surface area contributed by atoms with Crippen molar-refractivity contribution in [3.63, 3.8) is 0 Å². The lowest BCUT2D eigenvalue weighted by Crippen LogP contribution is -2.09. The molecule has 0 unspecified atom stereocenters. The van der Waals surface area contributed by atoms with E-state index in [0.29, 0.717) is 28.4 Å². The first-order chi connectivity index (χ1) is 14.1. The summed E-state index contributed by atoms with van der Waals surface area (Å²) in [7, 11) is 3.02. The van der Waals surface area contributed by atoms with E-state index >= 15 is 0 Å². The summed E-state index contributed by atoms with van der Waals surface area (Å²) in [4.78, 5) is 24.6. The number of hydrogen-bond acceptors (Lipinski definition) is 5. The van der Waals surface area contributed by atoms with Crippen LogP contribution in [0.1, 0.15) is 26.3 Å². The number of methoxy groups -OCH3 is 2. The Morgan fingerprint density at radius 3 is 2.07 bits per heavy atom. The van der Waals surface area contributed by atoms with E-state index in [1.54, 1.807) is 48.5 Å². The number of esters is 1. The van der Waals surface area contributed by atoms with Crippen molar-refractivity contribution in [1.29, 1.82) is 0 Å². The third kappa shape index (κ3) is 5.11. The minimum Gasteiger partial charge on any atom is -0.493 e. The standard InChI is InChI=1S/C24H20O5/c1-27-22-15-11-19(16-23(22)28-2)24(26)29-20-12-9-18(10-13-20)21(25)14-8-17-6-4-3-5-7-17/h3-16H,1-2H3/b14-8+. The Labute approximate surface area is 169 Å². The molecule has 0 atom stereocenters. The van der Waals surface area contributed by atoms with Crippen molar-refractivity contribution in [2.45, 2.75) is 0 Å². The molecule has 3 aromatic rings. The lowest BCUT2D eigenvalue weighted by atomic mass is 10.1. The molecule has 5 nitrogen and oxygen atoms in total. The first kappa shape index (κ1) is 19.9. The fraction of sp³-hybridized carbons (Fsp3) is 0.0833. The van der Waals surface area contributed by atoms with Crippen molar-refractivity contribution in [1.82, 2.24) is 0 Å². The van der Waals surface area contributed by atoms with E-state index in [-0.39, 0.29) is 5.78 Å². The quantitative estimate of drug-likeness (QED) is 0.251. The lowest BCUT2D eigenvalue weighted by molar-refractivity contribution is 0.0734. The highest BCUT2D eigenvalue weighted by Gasteiger charge is 2.13. The zero-order chi connectivity index (χ0) is 20.6. The van der Waals surface area contributed by atoms with Gasteiger partial charge in [-0.2, -0.15) is 0 Å². The van der Waals surface area contributed by atoms with E-state index in [1.165, 1.54) is 20.3 Å². The number of carbonyl (C=O) groups excluding carboxylic acids is 2. The van der Waals surface area contributed by atoms with Gasteiger partial charge in [-0.15, -0.1) is 0 Å². The molecule has 3 aromatic carbocycles. The molecule has 0 N–H and O–H groups in total. The molecule has 29 heavy (non-hydrogen) atoms. The molecule has 146 valence electrons. The van der Waals surface area contributed by atoms with Gasteiger partial charge < -0.3 is 14.2 Å². The van der Waals surface area contributed by atoms with E-state index in [0.717, 1.165) is 5.56 Å². The summed E-state index contributed by atoms with van der Waals surface area (Å²) in [6.45, 7) is 0. The van der Waals surface area contributed by atoms with Crippen LogP contribution in [0.15, 0.2) is 78.9 Å². The number of rotatable bonds is 7. The largest absolute Gasteiger partial charge is 0.493 e. The maximum Gasteiger partial charge on any atom is 0.343 e. The second-order valence-electron chi connectivity index (χ2n) is 6.09. The third-order valence-corrected chi connectivity index (χ3v) is 4.20. The van der Waals surface area contributed by atoms with E-state index in [9.17, 15) is 9.59 Å². The third-order valence-electron chi connectivity index (χ3n) is 4.20. The number of allylic oxidation sites excluding steroid dienone is 1. The maximum absolute atomic E-state index is 12.4. The highest BCUT2D eigenvalue weighted by molar-refractivity contribution is 6.06. The van der Waals surface area contributed by atoms with Gasteiger partial charge in [0.1, 0.15) is 5.75 Å². The van der Waals surface area contributed by atoms with Crippen LogP contribution in [-0.4, -0.2) is 26.0 Å². The van der Waals surface area contributed by atoms with E-state index in [4.69, 9.17) is 14.2 Å². The summed E-state index contributed by atoms with van der Waals surface area (Å²) in [5, 5.41) is 0. The SMILES string of the molecule is COc1ccc(C(=O)Oc2ccc(C(=O)/C=C/c3ccccc3)cc2)cc1OC. The number of hydrogen-bond donors (Lipinski definition) is 0. The van der Waals surface area contributed by atoms with Gasteiger partial charge in [0.05, 0.1) is 19.8 Å². The van der Waals surface area contributed by atoms with Crippen molar-refractivity contribution >= 4 is 17.8 Å². The smallest absolute Gasteiger partial charge is 0.343 e. The zero-order valence-corrected chi connectivity index (χ0v) is 16.1. The molecule has 0 bridgehead atoms. The van der Waals surface area contributed by atoms with Crippen LogP contribution < -0.4 is 14.2 Å². The molecule has 0 heterocycles. The summed E-state index contributed by atoms with van der Waals surface area (Å²) >= 11 is 0. The predicted molar refractivity (Wildman–Crippen MR) is 111 cm³/mol. The zero-order valence-electron chi connectivity index (χ0n) is 16.1. The summed E-state index contributed by atoms with van der Waals surface area (Å²) in [6.07, 6.45) is 3.27. The Kier molecular flexibility index (Phi) is 6.43. The fourth-order valence-corrected chi connectivity index (χ4v) is 2.65. The summed E-state index contributed by atoms with van der Waals surface area (Å²) in [5.74, 6) is 0.637. The van der Waals surface area contributed by atoms with Crippen molar-refractivity contribution in [2.75, 3.05) is 14.2 Å². The number of benzene rings is 3. The van der Waals surface area contributed by atoms with Crippen LogP contribution in [0.3, 0.4) is 0 Å². The molecule has 0 aliphatic heterocycles. The molecule has 0 fully saturated rings. The molecule has 0 aliphatic rings. The van der Waals surface area contributed by atoms with Gasteiger partial charge in [0.2, 0.25) is 0 Å². The molecule has 5 heteroatoms. The van der Waals surface area contributed by atoms with Crippen LogP contribution in [0, 0.1) is 0 Å². The highest BCUT2D eigenvalue weighted by atomic mass is 16.5. The van der Waals surface area contributed by atoms with Crippen molar-refractivity contribution < 1.29 is 23.8 Å². The van der Waals surface area contributed by atoms with Crippen LogP contribution in [0.5, 0.6) is 17.2 Å². The Morgan fingerprint density at radius 2 is 1.41 bits per heavy atom. The van der Waals surface area contributed by atoms with Gasteiger partial charge in [-0.05, 0) is 54.1 Å². The molecular formula is C24H20O5. The van der Waals surface area contributed by atoms with Crippen LogP contribution in [-0.2, 0) is 0 Å². The number of ether oxygens (including phenoxy) is 3. The molecule has 0 amide bonds. The minimum absolute atomic E-state index is 0.133. The van der Waals surface area contributed by atoms with Crippen LogP contribution in [0.25, 0.3) is 6.08 Å². The first-order valence-corrected chi connectivity index (χ1v) is 8.92. The van der Waals surface area contributed by atoms with Gasteiger partial charge >= 0.3 is 5.97 Å². The van der Waals surface area contributed by atoms with Gasteiger partial charge in [0, 0.05) is 5.56 Å². The maximum atomic E-state index is 12.4. The van der Waals surface area contributed by atoms with Gasteiger partial charge in [0.25, 0.3) is 0 Å². The van der Waals surface area contributed by atoms with Gasteiger partial charge in [-0.25, -0.2) is 4.79 Å². The lowest BCUT2D eigenvalue weighted by Gasteiger charge is -2.09. The molecule has 0 radical (unpaired) electrons. The Hall–Kier alpha value is -3.86. The molecular weight excluding hydrogens is 368 g/mol. The Balaban J connectivity index is 1.66. The van der Waals surface area contributed by atoms with Crippen molar-refractivity contribution in [3.05, 3.63) is 95.6 Å². The van der Waals surface area contributed by atoms with Crippen LogP contribution in [0.2, 0.25) is 0 Å². The normalized spacial score (nSPS) is 10.6. The Morgan fingerprint density at radius 1 is 0.759 bits per heavy atom. The minimum atomic E-state index is -0.533. The van der Waals surface area contributed by atoms with Crippen LogP contribution in [0.4, 0.5) is 0 Å². The Bertz CT molecular complexity index is 1020. The second kappa shape index (κ2) is 9.37. The average molecular weight is 388 g/mol.